The first-order chi connectivity index (χ1) is 10.5. The van der Waals surface area contributed by atoms with Gasteiger partial charge in [-0.2, -0.15) is 0 Å². The quantitative estimate of drug-likeness (QED) is 0.618. The van der Waals surface area contributed by atoms with Gasteiger partial charge in [-0.25, -0.2) is 4.79 Å². The minimum Gasteiger partial charge on any atom is -0.476 e. The number of nitrogens with zero attached hydrogens (tertiary/aromatic N) is 1. The van der Waals surface area contributed by atoms with Crippen molar-refractivity contribution in [1.82, 2.24) is 0 Å². The number of piperidine rings is 1. The molecule has 1 aromatic carbocycles. The Morgan fingerprint density at radius 1 is 1.41 bits per heavy atom. The van der Waals surface area contributed by atoms with Crippen molar-refractivity contribution in [2.45, 2.75) is 32.3 Å². The zero-order valence-electron chi connectivity index (χ0n) is 13.4. The molecule has 22 heavy (non-hydrogen) atoms. The molecule has 120 valence electrons. The Morgan fingerprint density at radius 3 is 2.86 bits per heavy atom. The lowest BCUT2D eigenvalue weighted by molar-refractivity contribution is -0.156. The Kier molecular flexibility index (Phi) is 5.06. The van der Waals surface area contributed by atoms with Crippen LogP contribution in [0.15, 0.2) is 24.3 Å². The van der Waals surface area contributed by atoms with E-state index in [0.717, 1.165) is 37.9 Å². The summed E-state index contributed by atoms with van der Waals surface area (Å²) in [6.45, 7) is 5.01. The first kappa shape index (κ1) is 16.3. The molecule has 1 aliphatic heterocycles. The molecule has 0 aliphatic carbocycles. The van der Waals surface area contributed by atoms with Crippen molar-refractivity contribution in [2.24, 2.45) is 5.92 Å². The van der Waals surface area contributed by atoms with Crippen LogP contribution in [-0.2, 0) is 14.3 Å². The number of hydrogen-bond donors (Lipinski definition) is 0. The number of hydrogen-bond acceptors (Lipinski definition) is 5. The van der Waals surface area contributed by atoms with Crippen LogP contribution in [0.25, 0.3) is 0 Å². The molecule has 1 aromatic rings. The first-order valence-corrected chi connectivity index (χ1v) is 7.54. The fraction of sp³-hybridized carbons (Fsp3) is 0.529. The predicted molar refractivity (Wildman–Crippen MR) is 84.2 cm³/mol. The lowest BCUT2D eigenvalue weighted by atomic mass is 9.99. The van der Waals surface area contributed by atoms with E-state index in [1.54, 1.807) is 13.8 Å². The smallest absolute Gasteiger partial charge is 0.349 e. The fourth-order valence-corrected chi connectivity index (χ4v) is 2.68. The van der Waals surface area contributed by atoms with Crippen molar-refractivity contribution in [1.29, 1.82) is 0 Å². The highest BCUT2D eigenvalue weighted by Crippen LogP contribution is 2.28. The van der Waals surface area contributed by atoms with Crippen molar-refractivity contribution in [2.75, 3.05) is 25.1 Å². The highest BCUT2D eigenvalue weighted by atomic mass is 16.6. The number of anilines is 1. The number of aldehydes is 1. The minimum atomic E-state index is -1.04. The molecule has 1 saturated heterocycles. The third kappa shape index (κ3) is 3.78. The number of carbonyl (C=O) groups is 2. The van der Waals surface area contributed by atoms with E-state index in [4.69, 9.17) is 9.47 Å². The highest BCUT2D eigenvalue weighted by molar-refractivity contribution is 5.79. The number of rotatable bonds is 5. The van der Waals surface area contributed by atoms with Gasteiger partial charge in [0.15, 0.2) is 5.60 Å². The van der Waals surface area contributed by atoms with Crippen LogP contribution in [0.5, 0.6) is 5.75 Å². The molecular weight excluding hydrogens is 282 g/mol. The van der Waals surface area contributed by atoms with Crippen molar-refractivity contribution in [3.63, 3.8) is 0 Å². The fourth-order valence-electron chi connectivity index (χ4n) is 2.68. The SMILES string of the molecule is COC(=O)C(C)(C)Oc1cccc(N2CCCC(C=O)C2)c1. The molecular formula is C17H23NO4. The van der Waals surface area contributed by atoms with E-state index in [1.807, 2.05) is 24.3 Å². The van der Waals surface area contributed by atoms with Gasteiger partial charge < -0.3 is 19.2 Å². The van der Waals surface area contributed by atoms with E-state index in [2.05, 4.69) is 4.90 Å². The van der Waals surface area contributed by atoms with Crippen LogP contribution in [-0.4, -0.2) is 38.1 Å². The molecule has 0 saturated carbocycles. The Hall–Kier alpha value is -2.04. The average molecular weight is 305 g/mol. The summed E-state index contributed by atoms with van der Waals surface area (Å²) in [6.07, 6.45) is 2.99. The molecule has 5 heteroatoms. The Bertz CT molecular complexity index is 541. The van der Waals surface area contributed by atoms with Crippen molar-refractivity contribution < 1.29 is 19.1 Å². The van der Waals surface area contributed by atoms with E-state index in [9.17, 15) is 9.59 Å². The van der Waals surface area contributed by atoms with Crippen LogP contribution in [0, 0.1) is 5.92 Å². The minimum absolute atomic E-state index is 0.0878. The van der Waals surface area contributed by atoms with Gasteiger partial charge in [0.1, 0.15) is 12.0 Å². The van der Waals surface area contributed by atoms with E-state index in [0.29, 0.717) is 5.75 Å². The van der Waals surface area contributed by atoms with Gasteiger partial charge in [0.05, 0.1) is 7.11 Å². The van der Waals surface area contributed by atoms with Crippen LogP contribution in [0.1, 0.15) is 26.7 Å². The second kappa shape index (κ2) is 6.81. The number of ether oxygens (including phenoxy) is 2. The van der Waals surface area contributed by atoms with Crippen LogP contribution in [0.4, 0.5) is 5.69 Å². The second-order valence-corrected chi connectivity index (χ2v) is 6.09. The van der Waals surface area contributed by atoms with Crippen LogP contribution in [0.2, 0.25) is 0 Å². The first-order valence-electron chi connectivity index (χ1n) is 7.54. The largest absolute Gasteiger partial charge is 0.476 e. The molecule has 0 aromatic heterocycles. The molecule has 1 atom stereocenters. The predicted octanol–water partition coefficient (Wildman–Crippen LogP) is 2.43. The van der Waals surface area contributed by atoms with Gasteiger partial charge in [0.25, 0.3) is 0 Å². The zero-order chi connectivity index (χ0) is 16.2. The molecule has 1 aliphatic rings. The van der Waals surface area contributed by atoms with E-state index in [-0.39, 0.29) is 5.92 Å². The van der Waals surface area contributed by atoms with Gasteiger partial charge in [-0.05, 0) is 38.8 Å². The summed E-state index contributed by atoms with van der Waals surface area (Å²) < 4.78 is 10.5. The zero-order valence-corrected chi connectivity index (χ0v) is 13.4. The monoisotopic (exact) mass is 305 g/mol. The van der Waals surface area contributed by atoms with Crippen molar-refractivity contribution >= 4 is 17.9 Å². The van der Waals surface area contributed by atoms with Crippen LogP contribution in [0.3, 0.4) is 0 Å². The standard InChI is InChI=1S/C17H23NO4/c1-17(2,16(20)21-3)22-15-8-4-7-14(10-15)18-9-5-6-13(11-18)12-19/h4,7-8,10,12-13H,5-6,9,11H2,1-3H3. The number of methoxy groups -OCH3 is 1. The lowest BCUT2D eigenvalue weighted by Gasteiger charge is -2.32. The molecule has 5 nitrogen and oxygen atoms in total. The summed E-state index contributed by atoms with van der Waals surface area (Å²) in [5.41, 5.74) is -0.0367. The summed E-state index contributed by atoms with van der Waals surface area (Å²) in [4.78, 5) is 24.9. The number of esters is 1. The third-order valence-corrected chi connectivity index (χ3v) is 3.88. The Labute approximate surface area is 131 Å². The lowest BCUT2D eigenvalue weighted by Crippen LogP contribution is -2.39. The molecule has 0 spiro atoms. The summed E-state index contributed by atoms with van der Waals surface area (Å²) in [7, 11) is 1.34. The third-order valence-electron chi connectivity index (χ3n) is 3.88. The van der Waals surface area contributed by atoms with Crippen molar-refractivity contribution in [3.05, 3.63) is 24.3 Å². The maximum atomic E-state index is 11.7. The maximum Gasteiger partial charge on any atom is 0.349 e. The maximum absolute atomic E-state index is 11.7. The van der Waals surface area contributed by atoms with Gasteiger partial charge in [-0.3, -0.25) is 0 Å². The Balaban J connectivity index is 2.13. The van der Waals surface area contributed by atoms with Gasteiger partial charge in [-0.15, -0.1) is 0 Å². The topological polar surface area (TPSA) is 55.8 Å². The van der Waals surface area contributed by atoms with Gasteiger partial charge in [0.2, 0.25) is 0 Å². The molecule has 0 radical (unpaired) electrons. The van der Waals surface area contributed by atoms with E-state index < -0.39 is 11.6 Å². The molecule has 0 amide bonds. The molecule has 1 heterocycles. The molecule has 2 rings (SSSR count). The van der Waals surface area contributed by atoms with Gasteiger partial charge >= 0.3 is 5.97 Å². The molecule has 1 unspecified atom stereocenters. The molecule has 1 fully saturated rings. The second-order valence-electron chi connectivity index (χ2n) is 6.09. The average Bonchev–Trinajstić information content (AvgIpc) is 2.54. The number of benzene rings is 1. The van der Waals surface area contributed by atoms with Crippen molar-refractivity contribution in [3.8, 4) is 5.75 Å². The van der Waals surface area contributed by atoms with E-state index >= 15 is 0 Å². The highest BCUT2D eigenvalue weighted by Gasteiger charge is 2.31. The molecule has 0 bridgehead atoms. The number of carbonyl (C=O) groups excluding carboxylic acids is 2. The summed E-state index contributed by atoms with van der Waals surface area (Å²) >= 11 is 0. The molecule has 0 N–H and O–H groups in total. The van der Waals surface area contributed by atoms with Gasteiger partial charge in [0, 0.05) is 30.8 Å². The normalized spacial score (nSPS) is 18.7. The summed E-state index contributed by atoms with van der Waals surface area (Å²) in [6, 6.07) is 7.60. The van der Waals surface area contributed by atoms with Gasteiger partial charge in [-0.1, -0.05) is 6.07 Å². The Morgan fingerprint density at radius 2 is 2.18 bits per heavy atom. The summed E-state index contributed by atoms with van der Waals surface area (Å²) in [5, 5.41) is 0. The van der Waals surface area contributed by atoms with E-state index in [1.165, 1.54) is 7.11 Å². The summed E-state index contributed by atoms with van der Waals surface area (Å²) in [5.74, 6) is 0.280. The van der Waals surface area contributed by atoms with Crippen LogP contribution >= 0.6 is 0 Å². The van der Waals surface area contributed by atoms with Crippen LogP contribution < -0.4 is 9.64 Å².